The molecule has 2 N–H and O–H groups in total. The number of rotatable bonds is 2. The number of halogens is 1. The third kappa shape index (κ3) is 2.43. The van der Waals surface area contributed by atoms with Gasteiger partial charge in [0.05, 0.1) is 12.8 Å². The summed E-state index contributed by atoms with van der Waals surface area (Å²) in [6, 6.07) is 4.73. The Kier molecular flexibility index (Phi) is 3.73. The zero-order valence-electron chi connectivity index (χ0n) is 8.86. The van der Waals surface area contributed by atoms with E-state index >= 15 is 0 Å². The molecule has 0 saturated heterocycles. The number of amides is 2. The summed E-state index contributed by atoms with van der Waals surface area (Å²) < 4.78 is 5.05. The highest BCUT2D eigenvalue weighted by Crippen LogP contribution is 2.30. The van der Waals surface area contributed by atoms with Gasteiger partial charge in [-0.2, -0.15) is 0 Å². The van der Waals surface area contributed by atoms with E-state index in [4.69, 9.17) is 22.1 Å². The van der Waals surface area contributed by atoms with Gasteiger partial charge in [0.15, 0.2) is 0 Å². The second kappa shape index (κ2) is 4.85. The van der Waals surface area contributed by atoms with Gasteiger partial charge in [-0.3, -0.25) is 9.59 Å². The average Bonchev–Trinajstić information content (AvgIpc) is 2.26. The largest absolute Gasteiger partial charge is 0.495 e. The number of benzene rings is 1. The van der Waals surface area contributed by atoms with Crippen molar-refractivity contribution in [2.24, 2.45) is 5.73 Å². The van der Waals surface area contributed by atoms with Crippen LogP contribution in [0.4, 0.5) is 5.69 Å². The van der Waals surface area contributed by atoms with E-state index in [2.05, 4.69) is 0 Å². The number of nitrogens with zero attached hydrogens (tertiary/aromatic N) is 1. The molecule has 6 heteroatoms. The normalized spacial score (nSPS) is 9.69. The first kappa shape index (κ1) is 12.3. The van der Waals surface area contributed by atoms with Gasteiger partial charge in [0.25, 0.3) is 0 Å². The predicted molar refractivity (Wildman–Crippen MR) is 60.6 cm³/mol. The van der Waals surface area contributed by atoms with Gasteiger partial charge in [0, 0.05) is 12.1 Å². The lowest BCUT2D eigenvalue weighted by molar-refractivity contribution is -0.135. The van der Waals surface area contributed by atoms with Crippen LogP contribution < -0.4 is 15.4 Å². The smallest absolute Gasteiger partial charge is 0.315 e. The molecule has 1 rings (SSSR count). The maximum absolute atomic E-state index is 11.4. The minimum atomic E-state index is -1.04. The van der Waals surface area contributed by atoms with E-state index in [0.29, 0.717) is 16.5 Å². The third-order valence-electron chi connectivity index (χ3n) is 2.02. The monoisotopic (exact) mass is 242 g/mol. The van der Waals surface area contributed by atoms with Gasteiger partial charge in [-0.1, -0.05) is 11.6 Å². The zero-order chi connectivity index (χ0) is 12.3. The molecule has 0 atom stereocenters. The lowest BCUT2D eigenvalue weighted by Crippen LogP contribution is -2.37. The molecule has 0 aromatic heterocycles. The Morgan fingerprint density at radius 1 is 1.44 bits per heavy atom. The van der Waals surface area contributed by atoms with Gasteiger partial charge in [-0.05, 0) is 18.2 Å². The Morgan fingerprint density at radius 3 is 2.56 bits per heavy atom. The van der Waals surface area contributed by atoms with Crippen molar-refractivity contribution in [3.8, 4) is 5.75 Å². The number of carbonyl (C=O) groups excluding carboxylic acids is 2. The van der Waals surface area contributed by atoms with Crippen molar-refractivity contribution in [1.82, 2.24) is 0 Å². The number of likely N-dealkylation sites (N-methyl/N-ethyl adjacent to an activating group) is 1. The first-order chi connectivity index (χ1) is 7.47. The van der Waals surface area contributed by atoms with Crippen molar-refractivity contribution in [1.29, 1.82) is 0 Å². The molecule has 2 amide bonds. The van der Waals surface area contributed by atoms with Gasteiger partial charge in [-0.25, -0.2) is 0 Å². The molecule has 0 fully saturated rings. The van der Waals surface area contributed by atoms with Crippen molar-refractivity contribution in [3.63, 3.8) is 0 Å². The molecule has 0 heterocycles. The molecule has 0 bridgehead atoms. The van der Waals surface area contributed by atoms with E-state index in [1.807, 2.05) is 0 Å². The second-order valence-corrected chi connectivity index (χ2v) is 3.48. The maximum atomic E-state index is 11.4. The standard InChI is InChI=1S/C10H11ClN2O3/c1-13(10(15)9(12)14)7-5-6(11)3-4-8(7)16-2/h3-5H,1-2H3,(H2,12,14). The number of anilines is 1. The molecule has 0 aliphatic rings. The Morgan fingerprint density at radius 2 is 2.06 bits per heavy atom. The Bertz CT molecular complexity index is 434. The van der Waals surface area contributed by atoms with Crippen LogP contribution in [0.15, 0.2) is 18.2 Å². The number of primary amides is 1. The Hall–Kier alpha value is -1.75. The highest BCUT2D eigenvalue weighted by Gasteiger charge is 2.19. The number of nitrogens with two attached hydrogens (primary N) is 1. The van der Waals surface area contributed by atoms with E-state index in [9.17, 15) is 9.59 Å². The SMILES string of the molecule is COc1ccc(Cl)cc1N(C)C(=O)C(N)=O. The Balaban J connectivity index is 3.15. The van der Waals surface area contributed by atoms with Gasteiger partial charge >= 0.3 is 11.8 Å². The molecular formula is C10H11ClN2O3. The van der Waals surface area contributed by atoms with Gasteiger partial charge in [0.1, 0.15) is 5.75 Å². The molecule has 86 valence electrons. The number of hydrogen-bond donors (Lipinski definition) is 1. The molecule has 0 aliphatic heterocycles. The van der Waals surface area contributed by atoms with Gasteiger partial charge in [0.2, 0.25) is 0 Å². The summed E-state index contributed by atoms with van der Waals surface area (Å²) in [7, 11) is 2.87. The first-order valence-electron chi connectivity index (χ1n) is 4.38. The highest BCUT2D eigenvalue weighted by molar-refractivity contribution is 6.40. The molecule has 0 radical (unpaired) electrons. The molecular weight excluding hydrogens is 232 g/mol. The molecule has 5 nitrogen and oxygen atoms in total. The summed E-state index contributed by atoms with van der Waals surface area (Å²) in [5, 5.41) is 0.430. The average molecular weight is 243 g/mol. The highest BCUT2D eigenvalue weighted by atomic mass is 35.5. The van der Waals surface area contributed by atoms with Gasteiger partial charge < -0.3 is 15.4 Å². The van der Waals surface area contributed by atoms with E-state index in [1.165, 1.54) is 20.2 Å². The van der Waals surface area contributed by atoms with Crippen LogP contribution >= 0.6 is 11.6 Å². The van der Waals surface area contributed by atoms with Gasteiger partial charge in [-0.15, -0.1) is 0 Å². The molecule has 0 unspecified atom stereocenters. The van der Waals surface area contributed by atoms with E-state index in [0.717, 1.165) is 4.90 Å². The van der Waals surface area contributed by atoms with E-state index < -0.39 is 11.8 Å². The van der Waals surface area contributed by atoms with Crippen LogP contribution in [0.25, 0.3) is 0 Å². The number of hydrogen-bond acceptors (Lipinski definition) is 3. The van der Waals surface area contributed by atoms with Crippen LogP contribution in [0.1, 0.15) is 0 Å². The zero-order valence-corrected chi connectivity index (χ0v) is 9.62. The maximum Gasteiger partial charge on any atom is 0.315 e. The summed E-state index contributed by atoms with van der Waals surface area (Å²) in [6.07, 6.45) is 0. The fourth-order valence-electron chi connectivity index (χ4n) is 1.20. The molecule has 1 aromatic carbocycles. The van der Waals surface area contributed by atoms with Crippen molar-refractivity contribution in [2.75, 3.05) is 19.1 Å². The second-order valence-electron chi connectivity index (χ2n) is 3.04. The molecule has 16 heavy (non-hydrogen) atoms. The van der Waals surface area contributed by atoms with E-state index in [-0.39, 0.29) is 0 Å². The van der Waals surface area contributed by atoms with Crippen LogP contribution in [0.2, 0.25) is 5.02 Å². The van der Waals surface area contributed by atoms with Crippen LogP contribution in [0.3, 0.4) is 0 Å². The fourth-order valence-corrected chi connectivity index (χ4v) is 1.37. The van der Waals surface area contributed by atoms with E-state index in [1.54, 1.807) is 12.1 Å². The minimum absolute atomic E-state index is 0.388. The van der Waals surface area contributed by atoms with Crippen LogP contribution in [0.5, 0.6) is 5.75 Å². The summed E-state index contributed by atoms with van der Waals surface area (Å²) in [5.41, 5.74) is 5.29. The molecule has 0 aliphatic carbocycles. The Labute approximate surface area is 97.7 Å². The third-order valence-corrected chi connectivity index (χ3v) is 2.25. The lowest BCUT2D eigenvalue weighted by Gasteiger charge is -2.18. The molecule has 0 spiro atoms. The fraction of sp³-hybridized carbons (Fsp3) is 0.200. The molecule has 1 aromatic rings. The molecule has 0 saturated carbocycles. The number of ether oxygens (including phenoxy) is 1. The number of carbonyl (C=O) groups is 2. The van der Waals surface area contributed by atoms with Crippen LogP contribution in [0, 0.1) is 0 Å². The van der Waals surface area contributed by atoms with Crippen molar-refractivity contribution in [2.45, 2.75) is 0 Å². The van der Waals surface area contributed by atoms with Crippen molar-refractivity contribution in [3.05, 3.63) is 23.2 Å². The quantitative estimate of drug-likeness (QED) is 0.780. The number of methoxy groups -OCH3 is 1. The van der Waals surface area contributed by atoms with Crippen LogP contribution in [-0.4, -0.2) is 26.0 Å². The van der Waals surface area contributed by atoms with Crippen molar-refractivity contribution >= 4 is 29.1 Å². The summed E-state index contributed by atoms with van der Waals surface area (Å²) >= 11 is 5.79. The summed E-state index contributed by atoms with van der Waals surface area (Å²) in [4.78, 5) is 23.2. The summed E-state index contributed by atoms with van der Waals surface area (Å²) in [5.74, 6) is -1.44. The lowest BCUT2D eigenvalue weighted by atomic mass is 10.2. The van der Waals surface area contributed by atoms with Crippen LogP contribution in [-0.2, 0) is 9.59 Å². The minimum Gasteiger partial charge on any atom is -0.495 e. The summed E-state index contributed by atoms with van der Waals surface area (Å²) in [6.45, 7) is 0. The first-order valence-corrected chi connectivity index (χ1v) is 4.76. The predicted octanol–water partition coefficient (Wildman–Crippen LogP) is 0.797. The van der Waals surface area contributed by atoms with Crippen molar-refractivity contribution < 1.29 is 14.3 Å². The topological polar surface area (TPSA) is 72.6 Å².